The smallest absolute Gasteiger partial charge is 0.243 e. The van der Waals surface area contributed by atoms with Gasteiger partial charge >= 0.3 is 0 Å². The predicted octanol–water partition coefficient (Wildman–Crippen LogP) is 0.146. The fraction of sp³-hybridized carbons (Fsp3) is 0.818. The molecular formula is C11H18N2O3. The van der Waals surface area contributed by atoms with Gasteiger partial charge in [0, 0.05) is 26.8 Å². The molecule has 5 nitrogen and oxygen atoms in total. The van der Waals surface area contributed by atoms with E-state index in [9.17, 15) is 15.2 Å². The molecule has 5 heteroatoms. The van der Waals surface area contributed by atoms with Crippen LogP contribution in [0.25, 0.3) is 0 Å². The Kier molecular flexibility index (Phi) is 4.27. The van der Waals surface area contributed by atoms with Crippen LogP contribution in [0.15, 0.2) is 0 Å². The summed E-state index contributed by atoms with van der Waals surface area (Å²) >= 11 is 0. The minimum atomic E-state index is -0.956. The van der Waals surface area contributed by atoms with E-state index < -0.39 is 11.5 Å². The highest BCUT2D eigenvalue weighted by Crippen LogP contribution is 2.31. The van der Waals surface area contributed by atoms with Crippen molar-refractivity contribution in [3.05, 3.63) is 0 Å². The molecule has 1 N–H and O–H groups in total. The van der Waals surface area contributed by atoms with Crippen LogP contribution in [0.5, 0.6) is 0 Å². The van der Waals surface area contributed by atoms with E-state index in [-0.39, 0.29) is 12.5 Å². The minimum absolute atomic E-state index is 0.209. The fourth-order valence-corrected chi connectivity index (χ4v) is 1.94. The lowest BCUT2D eigenvalue weighted by atomic mass is 9.80. The summed E-state index contributed by atoms with van der Waals surface area (Å²) in [5.41, 5.74) is -0.956. The van der Waals surface area contributed by atoms with E-state index in [0.29, 0.717) is 26.1 Å². The molecule has 1 unspecified atom stereocenters. The molecule has 0 aromatic heterocycles. The van der Waals surface area contributed by atoms with E-state index in [0.717, 1.165) is 0 Å². The van der Waals surface area contributed by atoms with Crippen LogP contribution in [-0.2, 0) is 9.53 Å². The van der Waals surface area contributed by atoms with Crippen molar-refractivity contribution in [3.63, 3.8) is 0 Å². The van der Waals surface area contributed by atoms with Gasteiger partial charge in [-0.25, -0.2) is 0 Å². The number of aliphatic hydroxyl groups is 1. The number of hydrogen-bond acceptors (Lipinski definition) is 4. The monoisotopic (exact) mass is 226 g/mol. The molecule has 0 radical (unpaired) electrons. The summed E-state index contributed by atoms with van der Waals surface area (Å²) in [4.78, 5) is 13.6. The lowest BCUT2D eigenvalue weighted by Crippen LogP contribution is -2.46. The third-order valence-corrected chi connectivity index (χ3v) is 2.85. The van der Waals surface area contributed by atoms with Crippen molar-refractivity contribution < 1.29 is 14.6 Å². The van der Waals surface area contributed by atoms with Gasteiger partial charge in [0.25, 0.3) is 0 Å². The maximum atomic E-state index is 12.1. The summed E-state index contributed by atoms with van der Waals surface area (Å²) in [7, 11) is 1.61. The standard InChI is InChI=1S/C11H18N2O3/c1-9(14)7-13(2)10(15)11(8-12)3-5-16-6-4-11/h9,14H,3-7H2,1-2H3. The van der Waals surface area contributed by atoms with Crippen molar-refractivity contribution in [2.75, 3.05) is 26.8 Å². The van der Waals surface area contributed by atoms with E-state index in [2.05, 4.69) is 6.07 Å². The van der Waals surface area contributed by atoms with Crippen LogP contribution in [0.3, 0.4) is 0 Å². The zero-order valence-corrected chi connectivity index (χ0v) is 9.77. The zero-order chi connectivity index (χ0) is 12.2. The molecule has 1 aliphatic heterocycles. The van der Waals surface area contributed by atoms with Gasteiger partial charge in [-0.2, -0.15) is 5.26 Å². The van der Waals surface area contributed by atoms with Crippen LogP contribution >= 0.6 is 0 Å². The second-order valence-electron chi connectivity index (χ2n) is 4.34. The molecule has 1 saturated heterocycles. The molecule has 1 heterocycles. The van der Waals surface area contributed by atoms with Gasteiger partial charge in [-0.15, -0.1) is 0 Å². The van der Waals surface area contributed by atoms with Crippen LogP contribution in [0.4, 0.5) is 0 Å². The maximum Gasteiger partial charge on any atom is 0.243 e. The molecule has 0 aromatic carbocycles. The normalized spacial score (nSPS) is 20.9. The van der Waals surface area contributed by atoms with Crippen LogP contribution < -0.4 is 0 Å². The Hall–Kier alpha value is -1.12. The Morgan fingerprint density at radius 2 is 2.19 bits per heavy atom. The van der Waals surface area contributed by atoms with Crippen LogP contribution in [-0.4, -0.2) is 48.8 Å². The molecule has 1 amide bonds. The Morgan fingerprint density at radius 1 is 1.62 bits per heavy atom. The number of rotatable bonds is 3. The maximum absolute atomic E-state index is 12.1. The van der Waals surface area contributed by atoms with Crippen molar-refractivity contribution in [1.29, 1.82) is 5.26 Å². The predicted molar refractivity (Wildman–Crippen MR) is 57.4 cm³/mol. The lowest BCUT2D eigenvalue weighted by Gasteiger charge is -2.33. The molecule has 0 aliphatic carbocycles. The third kappa shape index (κ3) is 2.71. The minimum Gasteiger partial charge on any atom is -0.392 e. The summed E-state index contributed by atoms with van der Waals surface area (Å²) in [6.45, 7) is 2.76. The number of nitrogens with zero attached hydrogens (tertiary/aromatic N) is 2. The number of carbonyl (C=O) groups is 1. The van der Waals surface area contributed by atoms with E-state index in [1.54, 1.807) is 14.0 Å². The molecule has 0 saturated carbocycles. The molecule has 1 rings (SSSR count). The first-order valence-corrected chi connectivity index (χ1v) is 5.44. The zero-order valence-electron chi connectivity index (χ0n) is 9.77. The van der Waals surface area contributed by atoms with Crippen molar-refractivity contribution in [2.24, 2.45) is 5.41 Å². The van der Waals surface area contributed by atoms with Crippen molar-refractivity contribution >= 4 is 5.91 Å². The molecule has 0 spiro atoms. The average molecular weight is 226 g/mol. The number of likely N-dealkylation sites (N-methyl/N-ethyl adjacent to an activating group) is 1. The largest absolute Gasteiger partial charge is 0.392 e. The summed E-state index contributed by atoms with van der Waals surface area (Å²) in [5.74, 6) is -0.209. The first-order chi connectivity index (χ1) is 7.52. The Labute approximate surface area is 95.6 Å². The van der Waals surface area contributed by atoms with Gasteiger partial charge in [0.1, 0.15) is 5.41 Å². The average Bonchev–Trinajstić information content (AvgIpc) is 2.28. The van der Waals surface area contributed by atoms with Crippen molar-refractivity contribution in [3.8, 4) is 6.07 Å². The molecular weight excluding hydrogens is 208 g/mol. The lowest BCUT2D eigenvalue weighted by molar-refractivity contribution is -0.143. The van der Waals surface area contributed by atoms with Gasteiger partial charge in [-0.05, 0) is 19.8 Å². The van der Waals surface area contributed by atoms with Crippen molar-refractivity contribution in [2.45, 2.75) is 25.9 Å². The summed E-state index contributed by atoms with van der Waals surface area (Å²) < 4.78 is 5.17. The second kappa shape index (κ2) is 5.28. The van der Waals surface area contributed by atoms with E-state index in [4.69, 9.17) is 4.74 Å². The Bertz CT molecular complexity index is 290. The SMILES string of the molecule is CC(O)CN(C)C(=O)C1(C#N)CCOCC1. The molecule has 0 aromatic rings. The highest BCUT2D eigenvalue weighted by molar-refractivity contribution is 5.85. The molecule has 1 aliphatic rings. The quantitative estimate of drug-likeness (QED) is 0.743. The Balaban J connectivity index is 2.72. The fourth-order valence-electron chi connectivity index (χ4n) is 1.94. The summed E-state index contributed by atoms with van der Waals surface area (Å²) in [6.07, 6.45) is 0.295. The van der Waals surface area contributed by atoms with Crippen LogP contribution in [0.1, 0.15) is 19.8 Å². The van der Waals surface area contributed by atoms with Gasteiger partial charge in [0.15, 0.2) is 0 Å². The molecule has 16 heavy (non-hydrogen) atoms. The highest BCUT2D eigenvalue weighted by atomic mass is 16.5. The van der Waals surface area contributed by atoms with Gasteiger partial charge in [-0.1, -0.05) is 0 Å². The van der Waals surface area contributed by atoms with Crippen LogP contribution in [0.2, 0.25) is 0 Å². The van der Waals surface area contributed by atoms with Gasteiger partial charge in [-0.3, -0.25) is 4.79 Å². The number of amides is 1. The number of ether oxygens (including phenoxy) is 1. The number of carbonyl (C=O) groups excluding carboxylic acids is 1. The topological polar surface area (TPSA) is 73.6 Å². The number of hydrogen-bond donors (Lipinski definition) is 1. The number of nitriles is 1. The Morgan fingerprint density at radius 3 is 2.62 bits per heavy atom. The number of aliphatic hydroxyl groups excluding tert-OH is 1. The first kappa shape index (κ1) is 12.9. The molecule has 90 valence electrons. The van der Waals surface area contributed by atoms with Gasteiger partial charge in [0.2, 0.25) is 5.91 Å². The third-order valence-electron chi connectivity index (χ3n) is 2.85. The summed E-state index contributed by atoms with van der Waals surface area (Å²) in [6, 6.07) is 2.12. The summed E-state index contributed by atoms with van der Waals surface area (Å²) in [5, 5.41) is 18.4. The van der Waals surface area contributed by atoms with Gasteiger partial charge < -0.3 is 14.7 Å². The second-order valence-corrected chi connectivity index (χ2v) is 4.34. The molecule has 0 bridgehead atoms. The highest BCUT2D eigenvalue weighted by Gasteiger charge is 2.42. The molecule has 1 fully saturated rings. The van der Waals surface area contributed by atoms with E-state index in [1.165, 1.54) is 4.90 Å². The van der Waals surface area contributed by atoms with E-state index in [1.807, 2.05) is 0 Å². The molecule has 1 atom stereocenters. The van der Waals surface area contributed by atoms with Crippen LogP contribution in [0, 0.1) is 16.7 Å². The first-order valence-electron chi connectivity index (χ1n) is 5.44. The van der Waals surface area contributed by atoms with E-state index >= 15 is 0 Å². The van der Waals surface area contributed by atoms with Crippen molar-refractivity contribution in [1.82, 2.24) is 4.90 Å². The van der Waals surface area contributed by atoms with Gasteiger partial charge in [0.05, 0.1) is 12.2 Å².